The van der Waals surface area contributed by atoms with Gasteiger partial charge in [0.05, 0.1) is 13.5 Å². The highest BCUT2D eigenvalue weighted by molar-refractivity contribution is 5.79. The SMILES string of the molecule is COc1ccc(C)cc1CC(=O)N1CCNC(C)C1. The van der Waals surface area contributed by atoms with Crippen LogP contribution in [0.4, 0.5) is 0 Å². The van der Waals surface area contributed by atoms with E-state index in [1.807, 2.05) is 30.0 Å². The summed E-state index contributed by atoms with van der Waals surface area (Å²) in [4.78, 5) is 14.3. The van der Waals surface area contributed by atoms with Crippen molar-refractivity contribution in [3.05, 3.63) is 29.3 Å². The van der Waals surface area contributed by atoms with Gasteiger partial charge in [0.2, 0.25) is 5.91 Å². The van der Waals surface area contributed by atoms with E-state index in [-0.39, 0.29) is 5.91 Å². The predicted octanol–water partition coefficient (Wildman–Crippen LogP) is 1.37. The Bertz CT molecular complexity index is 459. The average molecular weight is 262 g/mol. The van der Waals surface area contributed by atoms with Gasteiger partial charge in [-0.2, -0.15) is 0 Å². The minimum absolute atomic E-state index is 0.178. The predicted molar refractivity (Wildman–Crippen MR) is 75.5 cm³/mol. The molecule has 0 aromatic heterocycles. The second-order valence-corrected chi connectivity index (χ2v) is 5.19. The lowest BCUT2D eigenvalue weighted by molar-refractivity contribution is -0.131. The summed E-state index contributed by atoms with van der Waals surface area (Å²) < 4.78 is 5.33. The molecule has 1 aromatic rings. The van der Waals surface area contributed by atoms with Crippen molar-refractivity contribution in [2.75, 3.05) is 26.7 Å². The summed E-state index contributed by atoms with van der Waals surface area (Å²) >= 11 is 0. The topological polar surface area (TPSA) is 41.6 Å². The van der Waals surface area contributed by atoms with E-state index >= 15 is 0 Å². The van der Waals surface area contributed by atoms with Crippen molar-refractivity contribution in [2.45, 2.75) is 26.3 Å². The van der Waals surface area contributed by atoms with Gasteiger partial charge in [-0.3, -0.25) is 4.79 Å². The number of nitrogens with one attached hydrogen (secondary N) is 1. The number of carbonyl (C=O) groups excluding carboxylic acids is 1. The van der Waals surface area contributed by atoms with Crippen molar-refractivity contribution in [3.63, 3.8) is 0 Å². The lowest BCUT2D eigenvalue weighted by atomic mass is 10.1. The van der Waals surface area contributed by atoms with E-state index in [1.165, 1.54) is 0 Å². The molecule has 19 heavy (non-hydrogen) atoms. The lowest BCUT2D eigenvalue weighted by Crippen LogP contribution is -2.51. The van der Waals surface area contributed by atoms with Gasteiger partial charge in [-0.1, -0.05) is 17.7 Å². The van der Waals surface area contributed by atoms with Crippen LogP contribution in [-0.4, -0.2) is 43.6 Å². The highest BCUT2D eigenvalue weighted by Crippen LogP contribution is 2.21. The maximum absolute atomic E-state index is 12.3. The number of ether oxygens (including phenoxy) is 1. The minimum Gasteiger partial charge on any atom is -0.496 e. The van der Waals surface area contributed by atoms with Crippen molar-refractivity contribution in [3.8, 4) is 5.75 Å². The van der Waals surface area contributed by atoms with E-state index < -0.39 is 0 Å². The number of benzene rings is 1. The number of piperazine rings is 1. The third-order valence-electron chi connectivity index (χ3n) is 3.50. The first kappa shape index (κ1) is 13.9. The molecular formula is C15H22N2O2. The van der Waals surface area contributed by atoms with Gasteiger partial charge in [0, 0.05) is 31.2 Å². The van der Waals surface area contributed by atoms with E-state index in [4.69, 9.17) is 4.74 Å². The van der Waals surface area contributed by atoms with Crippen LogP contribution >= 0.6 is 0 Å². The molecule has 1 aliphatic heterocycles. The van der Waals surface area contributed by atoms with Gasteiger partial charge in [-0.15, -0.1) is 0 Å². The zero-order chi connectivity index (χ0) is 13.8. The fourth-order valence-electron chi connectivity index (χ4n) is 2.48. The molecule has 4 nitrogen and oxygen atoms in total. The summed E-state index contributed by atoms with van der Waals surface area (Å²) in [5.74, 6) is 0.972. The highest BCUT2D eigenvalue weighted by atomic mass is 16.5. The van der Waals surface area contributed by atoms with Gasteiger partial charge in [-0.05, 0) is 19.9 Å². The molecule has 0 aliphatic carbocycles. The molecule has 4 heteroatoms. The number of methoxy groups -OCH3 is 1. The first-order chi connectivity index (χ1) is 9.10. The van der Waals surface area contributed by atoms with Gasteiger partial charge in [0.15, 0.2) is 0 Å². The second kappa shape index (κ2) is 6.06. The molecule has 2 rings (SSSR count). The van der Waals surface area contributed by atoms with Crippen LogP contribution in [-0.2, 0) is 11.2 Å². The van der Waals surface area contributed by atoms with Crippen LogP contribution in [0.2, 0.25) is 0 Å². The van der Waals surface area contributed by atoms with Crippen LogP contribution in [0, 0.1) is 6.92 Å². The van der Waals surface area contributed by atoms with Crippen LogP contribution in [0.5, 0.6) is 5.75 Å². The summed E-state index contributed by atoms with van der Waals surface area (Å²) in [5, 5.41) is 3.34. The van der Waals surface area contributed by atoms with Crippen LogP contribution < -0.4 is 10.1 Å². The van der Waals surface area contributed by atoms with Crippen molar-refractivity contribution in [1.29, 1.82) is 0 Å². The van der Waals surface area contributed by atoms with Crippen LogP contribution in [0.15, 0.2) is 18.2 Å². The second-order valence-electron chi connectivity index (χ2n) is 5.19. The van der Waals surface area contributed by atoms with Crippen LogP contribution in [0.1, 0.15) is 18.1 Å². The lowest BCUT2D eigenvalue weighted by Gasteiger charge is -2.32. The Morgan fingerprint density at radius 3 is 3.00 bits per heavy atom. The van der Waals surface area contributed by atoms with E-state index in [2.05, 4.69) is 12.2 Å². The molecule has 1 atom stereocenters. The Labute approximate surface area is 114 Å². The number of rotatable bonds is 3. The Kier molecular flexibility index (Phi) is 4.43. The standard InChI is InChI=1S/C15H22N2O2/c1-11-4-5-14(19-3)13(8-11)9-15(18)17-7-6-16-12(2)10-17/h4-5,8,12,16H,6-7,9-10H2,1-3H3. The first-order valence-electron chi connectivity index (χ1n) is 6.75. The zero-order valence-corrected chi connectivity index (χ0v) is 11.9. The van der Waals surface area contributed by atoms with Gasteiger partial charge in [0.25, 0.3) is 0 Å². The molecular weight excluding hydrogens is 240 g/mol. The molecule has 1 saturated heterocycles. The van der Waals surface area contributed by atoms with E-state index in [9.17, 15) is 4.79 Å². The number of nitrogens with zero attached hydrogens (tertiary/aromatic N) is 1. The van der Waals surface area contributed by atoms with Crippen LogP contribution in [0.25, 0.3) is 0 Å². The summed E-state index contributed by atoms with van der Waals surface area (Å²) in [6, 6.07) is 6.33. The van der Waals surface area contributed by atoms with Crippen molar-refractivity contribution in [2.24, 2.45) is 0 Å². The summed E-state index contributed by atoms with van der Waals surface area (Å²) in [6.45, 7) is 6.58. The smallest absolute Gasteiger partial charge is 0.227 e. The van der Waals surface area contributed by atoms with Crippen molar-refractivity contribution in [1.82, 2.24) is 10.2 Å². The normalized spacial score (nSPS) is 19.3. The van der Waals surface area contributed by atoms with E-state index in [0.29, 0.717) is 12.5 Å². The quantitative estimate of drug-likeness (QED) is 0.894. The largest absolute Gasteiger partial charge is 0.496 e. The number of carbonyl (C=O) groups is 1. The maximum atomic E-state index is 12.3. The molecule has 1 amide bonds. The van der Waals surface area contributed by atoms with Crippen molar-refractivity contribution >= 4 is 5.91 Å². The highest BCUT2D eigenvalue weighted by Gasteiger charge is 2.21. The number of aryl methyl sites for hydroxylation is 1. The molecule has 1 N–H and O–H groups in total. The maximum Gasteiger partial charge on any atom is 0.227 e. The fourth-order valence-corrected chi connectivity index (χ4v) is 2.48. The molecule has 0 spiro atoms. The summed E-state index contributed by atoms with van der Waals surface area (Å²) in [6.07, 6.45) is 0.414. The number of amides is 1. The molecule has 1 aliphatic rings. The Hall–Kier alpha value is -1.55. The monoisotopic (exact) mass is 262 g/mol. The minimum atomic E-state index is 0.178. The fraction of sp³-hybridized carbons (Fsp3) is 0.533. The molecule has 0 bridgehead atoms. The van der Waals surface area contributed by atoms with E-state index in [0.717, 1.165) is 36.5 Å². The molecule has 104 valence electrons. The Morgan fingerprint density at radius 2 is 2.32 bits per heavy atom. The van der Waals surface area contributed by atoms with Gasteiger partial charge < -0.3 is 15.0 Å². The van der Waals surface area contributed by atoms with Crippen molar-refractivity contribution < 1.29 is 9.53 Å². The molecule has 1 fully saturated rings. The molecule has 1 heterocycles. The van der Waals surface area contributed by atoms with Crippen LogP contribution in [0.3, 0.4) is 0 Å². The van der Waals surface area contributed by atoms with Gasteiger partial charge in [-0.25, -0.2) is 0 Å². The third kappa shape index (κ3) is 3.47. The van der Waals surface area contributed by atoms with Gasteiger partial charge in [0.1, 0.15) is 5.75 Å². The zero-order valence-electron chi connectivity index (χ0n) is 11.9. The molecule has 1 aromatic carbocycles. The molecule has 0 saturated carbocycles. The first-order valence-corrected chi connectivity index (χ1v) is 6.75. The molecule has 1 unspecified atom stereocenters. The Morgan fingerprint density at radius 1 is 1.53 bits per heavy atom. The third-order valence-corrected chi connectivity index (χ3v) is 3.50. The van der Waals surface area contributed by atoms with E-state index in [1.54, 1.807) is 7.11 Å². The average Bonchev–Trinajstić information content (AvgIpc) is 2.39. The number of hydrogen-bond acceptors (Lipinski definition) is 3. The van der Waals surface area contributed by atoms with Gasteiger partial charge >= 0.3 is 0 Å². The molecule has 0 radical (unpaired) electrons. The number of hydrogen-bond donors (Lipinski definition) is 1. The summed E-state index contributed by atoms with van der Waals surface area (Å²) in [5.41, 5.74) is 2.12. The Balaban J connectivity index is 2.07. The summed E-state index contributed by atoms with van der Waals surface area (Å²) in [7, 11) is 1.64.